The van der Waals surface area contributed by atoms with Gasteiger partial charge in [-0.2, -0.15) is 5.10 Å². The Hall–Kier alpha value is -3.19. The first kappa shape index (κ1) is 24.2. The zero-order valence-corrected chi connectivity index (χ0v) is 22.7. The maximum Gasteiger partial charge on any atom is 0.236 e. The van der Waals surface area contributed by atoms with Gasteiger partial charge in [0.25, 0.3) is 0 Å². The third-order valence-electron chi connectivity index (χ3n) is 8.34. The second kappa shape index (κ2) is 9.28. The summed E-state index contributed by atoms with van der Waals surface area (Å²) in [4.78, 5) is 24.9. The number of amides is 1. The lowest BCUT2D eigenvalue weighted by Gasteiger charge is -2.33. The van der Waals surface area contributed by atoms with E-state index in [0.29, 0.717) is 24.3 Å². The standard InChI is InChI=1S/C30H38N6O/c1-18(2)27-23-14-22(20-10-12-35(13-11-20)26(37)16-34(4)5)8-9-25(23)33-29(27)24-15-36-30(31-17-32-36)28(19(24)3)21-6-7-21/h8-9,14-15,17-18,20-21,33H,6-7,10-13,16H2,1-5H3. The molecule has 0 radical (unpaired) electrons. The number of aromatic nitrogens is 4. The molecule has 4 heterocycles. The Morgan fingerprint density at radius 3 is 2.57 bits per heavy atom. The molecule has 2 aliphatic rings. The van der Waals surface area contributed by atoms with Crippen molar-refractivity contribution in [2.75, 3.05) is 33.7 Å². The molecule has 1 saturated heterocycles. The van der Waals surface area contributed by atoms with Crippen LogP contribution in [0.2, 0.25) is 0 Å². The minimum atomic E-state index is 0.238. The van der Waals surface area contributed by atoms with E-state index in [1.54, 1.807) is 6.33 Å². The Balaban J connectivity index is 1.36. The smallest absolute Gasteiger partial charge is 0.236 e. The summed E-state index contributed by atoms with van der Waals surface area (Å²) < 4.78 is 1.96. The Morgan fingerprint density at radius 1 is 1.14 bits per heavy atom. The van der Waals surface area contributed by atoms with Crippen molar-refractivity contribution in [2.24, 2.45) is 0 Å². The normalized spacial score (nSPS) is 17.1. The molecule has 1 aromatic carbocycles. The number of piperidine rings is 1. The van der Waals surface area contributed by atoms with Crippen LogP contribution in [0.1, 0.15) is 79.5 Å². The quantitative estimate of drug-likeness (QED) is 0.384. The van der Waals surface area contributed by atoms with Gasteiger partial charge in [-0.1, -0.05) is 19.9 Å². The van der Waals surface area contributed by atoms with Gasteiger partial charge in [-0.15, -0.1) is 0 Å². The van der Waals surface area contributed by atoms with Gasteiger partial charge in [-0.25, -0.2) is 9.50 Å². The number of likely N-dealkylation sites (N-methyl/N-ethyl adjacent to an activating group) is 1. The predicted molar refractivity (Wildman–Crippen MR) is 148 cm³/mol. The molecular formula is C30H38N6O. The summed E-state index contributed by atoms with van der Waals surface area (Å²) in [6.45, 7) is 9.00. The second-order valence-corrected chi connectivity index (χ2v) is 11.7. The van der Waals surface area contributed by atoms with E-state index in [1.165, 1.54) is 57.3 Å². The monoisotopic (exact) mass is 498 g/mol. The number of carbonyl (C=O) groups excluding carboxylic acids is 1. The molecule has 6 rings (SSSR count). The molecule has 7 nitrogen and oxygen atoms in total. The topological polar surface area (TPSA) is 69.5 Å². The van der Waals surface area contributed by atoms with E-state index in [0.717, 1.165) is 31.6 Å². The summed E-state index contributed by atoms with van der Waals surface area (Å²) in [5.74, 6) is 1.70. The summed E-state index contributed by atoms with van der Waals surface area (Å²) >= 11 is 0. The Morgan fingerprint density at radius 2 is 1.89 bits per heavy atom. The van der Waals surface area contributed by atoms with Crippen molar-refractivity contribution in [3.05, 3.63) is 53.0 Å². The number of hydrogen-bond donors (Lipinski definition) is 1. The molecule has 0 spiro atoms. The minimum Gasteiger partial charge on any atom is -0.354 e. The minimum absolute atomic E-state index is 0.238. The molecule has 0 atom stereocenters. The van der Waals surface area contributed by atoms with Crippen LogP contribution in [-0.2, 0) is 4.79 Å². The Labute approximate surface area is 218 Å². The van der Waals surface area contributed by atoms with Gasteiger partial charge in [0.15, 0.2) is 5.65 Å². The van der Waals surface area contributed by atoms with Crippen LogP contribution >= 0.6 is 0 Å². The van der Waals surface area contributed by atoms with Crippen molar-refractivity contribution < 1.29 is 4.79 Å². The van der Waals surface area contributed by atoms with E-state index in [-0.39, 0.29) is 5.91 Å². The molecule has 1 saturated carbocycles. The molecule has 4 aromatic rings. The maximum absolute atomic E-state index is 12.5. The van der Waals surface area contributed by atoms with Gasteiger partial charge in [-0.3, -0.25) is 4.79 Å². The van der Waals surface area contributed by atoms with Crippen LogP contribution in [0.4, 0.5) is 0 Å². The number of rotatable bonds is 6. The van der Waals surface area contributed by atoms with Gasteiger partial charge in [0.05, 0.1) is 12.2 Å². The van der Waals surface area contributed by atoms with Gasteiger partial charge in [-0.05, 0) is 93.3 Å². The molecule has 7 heteroatoms. The average Bonchev–Trinajstić information content (AvgIpc) is 3.46. The molecule has 2 fully saturated rings. The van der Waals surface area contributed by atoms with Gasteiger partial charge >= 0.3 is 0 Å². The molecule has 37 heavy (non-hydrogen) atoms. The van der Waals surface area contributed by atoms with Crippen LogP contribution in [-0.4, -0.2) is 69.0 Å². The van der Waals surface area contributed by atoms with Gasteiger partial charge in [0, 0.05) is 41.3 Å². The number of carbonyl (C=O) groups is 1. The molecule has 0 bridgehead atoms. The van der Waals surface area contributed by atoms with Crippen molar-refractivity contribution in [1.29, 1.82) is 0 Å². The third-order valence-corrected chi connectivity index (χ3v) is 8.34. The predicted octanol–water partition coefficient (Wildman–Crippen LogP) is 5.45. The maximum atomic E-state index is 12.5. The van der Waals surface area contributed by atoms with Gasteiger partial charge in [0.1, 0.15) is 6.33 Å². The molecule has 3 aromatic heterocycles. The second-order valence-electron chi connectivity index (χ2n) is 11.7. The first-order chi connectivity index (χ1) is 17.8. The number of H-pyrrole nitrogens is 1. The van der Waals surface area contributed by atoms with Gasteiger partial charge < -0.3 is 14.8 Å². The molecule has 1 aliphatic carbocycles. The lowest BCUT2D eigenvalue weighted by Crippen LogP contribution is -2.42. The van der Waals surface area contributed by atoms with E-state index >= 15 is 0 Å². The fourth-order valence-corrected chi connectivity index (χ4v) is 6.31. The van der Waals surface area contributed by atoms with Crippen LogP contribution < -0.4 is 0 Å². The third kappa shape index (κ3) is 4.33. The highest BCUT2D eigenvalue weighted by atomic mass is 16.2. The van der Waals surface area contributed by atoms with Crippen molar-refractivity contribution in [3.8, 4) is 11.3 Å². The fraction of sp³-hybridized carbons (Fsp3) is 0.500. The fourth-order valence-electron chi connectivity index (χ4n) is 6.31. The molecule has 1 aliphatic heterocycles. The van der Waals surface area contributed by atoms with E-state index in [1.807, 2.05) is 28.4 Å². The molecule has 1 amide bonds. The average molecular weight is 499 g/mol. The highest BCUT2D eigenvalue weighted by Gasteiger charge is 2.31. The zero-order chi connectivity index (χ0) is 25.8. The van der Waals surface area contributed by atoms with Crippen molar-refractivity contribution in [2.45, 2.75) is 64.2 Å². The largest absolute Gasteiger partial charge is 0.354 e. The van der Waals surface area contributed by atoms with Crippen LogP contribution in [0.25, 0.3) is 27.8 Å². The SMILES string of the molecule is Cc1c(-c2[nH]c3ccc(C4CCN(C(=O)CN(C)C)CC4)cc3c2C(C)C)cn2ncnc2c1C1CC1. The number of likely N-dealkylation sites (tertiary alicyclic amines) is 1. The number of nitrogens with one attached hydrogen (secondary N) is 1. The summed E-state index contributed by atoms with van der Waals surface area (Å²) in [6.07, 6.45) is 8.34. The van der Waals surface area contributed by atoms with Crippen molar-refractivity contribution in [3.63, 3.8) is 0 Å². The molecule has 194 valence electrons. The van der Waals surface area contributed by atoms with Crippen LogP contribution in [0.15, 0.2) is 30.7 Å². The number of aromatic amines is 1. The van der Waals surface area contributed by atoms with Crippen LogP contribution in [0, 0.1) is 6.92 Å². The van der Waals surface area contributed by atoms with E-state index in [2.05, 4.69) is 60.2 Å². The highest BCUT2D eigenvalue weighted by molar-refractivity contribution is 5.93. The Kier molecular flexibility index (Phi) is 6.06. The lowest BCUT2D eigenvalue weighted by atomic mass is 9.87. The molecule has 0 unspecified atom stereocenters. The number of pyridine rings is 1. The summed E-state index contributed by atoms with van der Waals surface area (Å²) in [6, 6.07) is 6.96. The van der Waals surface area contributed by atoms with Crippen LogP contribution in [0.3, 0.4) is 0 Å². The van der Waals surface area contributed by atoms with E-state index < -0.39 is 0 Å². The summed E-state index contributed by atoms with van der Waals surface area (Å²) in [5, 5.41) is 5.83. The molecular weight excluding hydrogens is 460 g/mol. The summed E-state index contributed by atoms with van der Waals surface area (Å²) in [7, 11) is 3.91. The number of fused-ring (bicyclic) bond motifs is 2. The number of benzene rings is 1. The summed E-state index contributed by atoms with van der Waals surface area (Å²) in [5.41, 5.74) is 10.1. The number of hydrogen-bond acceptors (Lipinski definition) is 4. The van der Waals surface area contributed by atoms with Gasteiger partial charge in [0.2, 0.25) is 5.91 Å². The zero-order valence-electron chi connectivity index (χ0n) is 22.7. The van der Waals surface area contributed by atoms with Crippen molar-refractivity contribution >= 4 is 22.5 Å². The van der Waals surface area contributed by atoms with Crippen molar-refractivity contribution in [1.82, 2.24) is 29.4 Å². The van der Waals surface area contributed by atoms with E-state index in [4.69, 9.17) is 0 Å². The first-order valence-corrected chi connectivity index (χ1v) is 13.7. The number of nitrogens with zero attached hydrogens (tertiary/aromatic N) is 5. The Bertz CT molecular complexity index is 1470. The lowest BCUT2D eigenvalue weighted by molar-refractivity contribution is -0.132. The van der Waals surface area contributed by atoms with E-state index in [9.17, 15) is 4.79 Å². The first-order valence-electron chi connectivity index (χ1n) is 13.7. The highest BCUT2D eigenvalue weighted by Crippen LogP contribution is 2.46. The van der Waals surface area contributed by atoms with Crippen LogP contribution in [0.5, 0.6) is 0 Å². The molecule has 1 N–H and O–H groups in total.